The zero-order valence-corrected chi connectivity index (χ0v) is 13.2. The molecule has 2 N–H and O–H groups in total. The number of nitrogens with two attached hydrogens (primary N) is 1. The topological polar surface area (TPSA) is 93.4 Å². The number of aromatic nitrogens is 1. The highest BCUT2D eigenvalue weighted by Gasteiger charge is 2.32. The van der Waals surface area contributed by atoms with Crippen molar-refractivity contribution >= 4 is 21.6 Å². The first-order valence-corrected chi connectivity index (χ1v) is 8.96. The van der Waals surface area contributed by atoms with Crippen LogP contribution in [0.2, 0.25) is 0 Å². The average Bonchev–Trinajstić information content (AvgIpc) is 2.87. The molecule has 1 aliphatic heterocycles. The molecule has 6 nitrogen and oxygen atoms in total. The summed E-state index contributed by atoms with van der Waals surface area (Å²) in [5.74, 6) is -0.541. The first-order chi connectivity index (χ1) is 10.9. The summed E-state index contributed by atoms with van der Waals surface area (Å²) in [6.45, 7) is 0.355. The van der Waals surface area contributed by atoms with Crippen molar-refractivity contribution in [3.63, 3.8) is 0 Å². The van der Waals surface area contributed by atoms with E-state index in [2.05, 4.69) is 4.98 Å². The number of sulfonamides is 1. The zero-order chi connectivity index (χ0) is 16.4. The molecule has 23 heavy (non-hydrogen) atoms. The Morgan fingerprint density at radius 2 is 1.96 bits per heavy atom. The van der Waals surface area contributed by atoms with Gasteiger partial charge in [0.25, 0.3) is 0 Å². The predicted molar refractivity (Wildman–Crippen MR) is 88.1 cm³/mol. The highest BCUT2D eigenvalue weighted by Crippen LogP contribution is 2.28. The molecule has 2 aromatic rings. The molecule has 0 aliphatic carbocycles. The number of pyridine rings is 1. The summed E-state index contributed by atoms with van der Waals surface area (Å²) in [5.41, 5.74) is 2.45. The van der Waals surface area contributed by atoms with Crippen LogP contribution in [0.15, 0.2) is 48.7 Å². The molecule has 120 valence electrons. The minimum absolute atomic E-state index is 0.0936. The van der Waals surface area contributed by atoms with Crippen LogP contribution < -0.4 is 10.0 Å². The number of amides is 1. The number of carbonyl (C=O) groups excluding carboxylic acids is 1. The Bertz CT molecular complexity index is 821. The van der Waals surface area contributed by atoms with Gasteiger partial charge in [0.15, 0.2) is 0 Å². The fraction of sp³-hybridized carbons (Fsp3) is 0.250. The second-order valence-electron chi connectivity index (χ2n) is 5.67. The third-order valence-corrected chi connectivity index (χ3v) is 4.73. The third-order valence-electron chi connectivity index (χ3n) is 3.80. The number of primary sulfonamides is 1. The van der Waals surface area contributed by atoms with Gasteiger partial charge in [0.05, 0.1) is 11.4 Å². The first kappa shape index (κ1) is 15.6. The lowest BCUT2D eigenvalue weighted by molar-refractivity contribution is -0.117. The van der Waals surface area contributed by atoms with Crippen molar-refractivity contribution in [1.29, 1.82) is 0 Å². The van der Waals surface area contributed by atoms with Gasteiger partial charge in [-0.05, 0) is 12.1 Å². The molecule has 1 atom stereocenters. The van der Waals surface area contributed by atoms with Crippen molar-refractivity contribution in [3.05, 3.63) is 48.7 Å². The van der Waals surface area contributed by atoms with Crippen molar-refractivity contribution in [3.8, 4) is 11.3 Å². The Balaban J connectivity index is 1.84. The second kappa shape index (κ2) is 6.10. The van der Waals surface area contributed by atoms with Gasteiger partial charge in [-0.1, -0.05) is 30.3 Å². The van der Waals surface area contributed by atoms with Crippen LogP contribution in [0.4, 0.5) is 5.69 Å². The number of nitrogens with zero attached hydrogens (tertiary/aromatic N) is 2. The fourth-order valence-electron chi connectivity index (χ4n) is 2.83. The van der Waals surface area contributed by atoms with Gasteiger partial charge < -0.3 is 4.90 Å². The molecule has 0 radical (unpaired) electrons. The lowest BCUT2D eigenvalue weighted by Gasteiger charge is -2.17. The van der Waals surface area contributed by atoms with Gasteiger partial charge in [-0.15, -0.1) is 0 Å². The number of rotatable bonds is 4. The molecule has 1 saturated heterocycles. The molecule has 1 aromatic carbocycles. The average molecular weight is 331 g/mol. The Kier molecular flexibility index (Phi) is 4.14. The molecule has 1 unspecified atom stereocenters. The van der Waals surface area contributed by atoms with Crippen LogP contribution in [0.5, 0.6) is 0 Å². The van der Waals surface area contributed by atoms with Crippen LogP contribution in [-0.4, -0.2) is 31.6 Å². The minimum atomic E-state index is -3.58. The van der Waals surface area contributed by atoms with Crippen molar-refractivity contribution in [1.82, 2.24) is 4.98 Å². The van der Waals surface area contributed by atoms with E-state index in [1.165, 1.54) is 0 Å². The summed E-state index contributed by atoms with van der Waals surface area (Å²) in [7, 11) is -3.58. The van der Waals surface area contributed by atoms with E-state index in [0.717, 1.165) is 16.9 Å². The number of anilines is 1. The molecule has 7 heteroatoms. The number of hydrogen-bond donors (Lipinski definition) is 1. The Hall–Kier alpha value is -2.25. The van der Waals surface area contributed by atoms with Gasteiger partial charge in [0, 0.05) is 36.3 Å². The maximum absolute atomic E-state index is 12.2. The molecule has 3 rings (SSSR count). The van der Waals surface area contributed by atoms with E-state index >= 15 is 0 Å². The van der Waals surface area contributed by atoms with Gasteiger partial charge in [-0.2, -0.15) is 0 Å². The fourth-order valence-corrected chi connectivity index (χ4v) is 3.71. The molecule has 1 amide bonds. The SMILES string of the molecule is NS(=O)(=O)CC1CC(=O)N(c2ccnc(-c3ccccc3)c2)C1. The second-order valence-corrected chi connectivity index (χ2v) is 7.33. The summed E-state index contributed by atoms with van der Waals surface area (Å²) >= 11 is 0. The maximum atomic E-state index is 12.2. The molecule has 1 aliphatic rings. The van der Waals surface area contributed by atoms with E-state index in [4.69, 9.17) is 5.14 Å². The summed E-state index contributed by atoms with van der Waals surface area (Å²) in [5, 5.41) is 5.08. The minimum Gasteiger partial charge on any atom is -0.312 e. The monoisotopic (exact) mass is 331 g/mol. The summed E-state index contributed by atoms with van der Waals surface area (Å²) < 4.78 is 22.4. The van der Waals surface area contributed by atoms with E-state index in [-0.39, 0.29) is 24.0 Å². The van der Waals surface area contributed by atoms with Crippen molar-refractivity contribution in [2.45, 2.75) is 6.42 Å². The lowest BCUT2D eigenvalue weighted by Crippen LogP contribution is -2.27. The Morgan fingerprint density at radius 3 is 2.65 bits per heavy atom. The molecule has 0 spiro atoms. The predicted octanol–water partition coefficient (Wildman–Crippen LogP) is 1.39. The molecule has 2 heterocycles. The molecule has 0 saturated carbocycles. The van der Waals surface area contributed by atoms with Crippen molar-refractivity contribution in [2.75, 3.05) is 17.2 Å². The smallest absolute Gasteiger partial charge is 0.227 e. The van der Waals surface area contributed by atoms with Crippen LogP contribution >= 0.6 is 0 Å². The van der Waals surface area contributed by atoms with Crippen LogP contribution in [0, 0.1) is 5.92 Å². The quantitative estimate of drug-likeness (QED) is 0.916. The zero-order valence-electron chi connectivity index (χ0n) is 12.4. The van der Waals surface area contributed by atoms with Gasteiger partial charge in [0.1, 0.15) is 0 Å². The summed E-state index contributed by atoms with van der Waals surface area (Å²) in [4.78, 5) is 18.1. The van der Waals surface area contributed by atoms with Crippen molar-refractivity contribution in [2.24, 2.45) is 11.1 Å². The highest BCUT2D eigenvalue weighted by molar-refractivity contribution is 7.89. The third kappa shape index (κ3) is 3.75. The maximum Gasteiger partial charge on any atom is 0.227 e. The van der Waals surface area contributed by atoms with Crippen LogP contribution in [0.1, 0.15) is 6.42 Å². The molecular weight excluding hydrogens is 314 g/mol. The molecule has 0 bridgehead atoms. The Labute approximate surface area is 135 Å². The van der Waals surface area contributed by atoms with Crippen LogP contribution in [-0.2, 0) is 14.8 Å². The van der Waals surface area contributed by atoms with Gasteiger partial charge >= 0.3 is 0 Å². The standard InChI is InChI=1S/C16H17N3O3S/c17-23(21,22)11-12-8-16(20)19(10-12)14-6-7-18-15(9-14)13-4-2-1-3-5-13/h1-7,9,12H,8,10-11H2,(H2,17,21,22). The first-order valence-electron chi connectivity index (χ1n) is 7.25. The van der Waals surface area contributed by atoms with Gasteiger partial charge in [0.2, 0.25) is 15.9 Å². The van der Waals surface area contributed by atoms with E-state index in [1.807, 2.05) is 36.4 Å². The van der Waals surface area contributed by atoms with Gasteiger partial charge in [-0.3, -0.25) is 9.78 Å². The highest BCUT2D eigenvalue weighted by atomic mass is 32.2. The normalized spacial score (nSPS) is 18.4. The van der Waals surface area contributed by atoms with E-state index in [1.54, 1.807) is 17.2 Å². The largest absolute Gasteiger partial charge is 0.312 e. The lowest BCUT2D eigenvalue weighted by atomic mass is 10.1. The van der Waals surface area contributed by atoms with Crippen LogP contribution in [0.3, 0.4) is 0 Å². The van der Waals surface area contributed by atoms with E-state index < -0.39 is 10.0 Å². The number of carbonyl (C=O) groups is 1. The summed E-state index contributed by atoms with van der Waals surface area (Å²) in [6, 6.07) is 13.3. The van der Waals surface area contributed by atoms with E-state index in [0.29, 0.717) is 6.54 Å². The molecule has 1 aromatic heterocycles. The van der Waals surface area contributed by atoms with Gasteiger partial charge in [-0.25, -0.2) is 13.6 Å². The number of benzene rings is 1. The van der Waals surface area contributed by atoms with E-state index in [9.17, 15) is 13.2 Å². The number of hydrogen-bond acceptors (Lipinski definition) is 4. The van der Waals surface area contributed by atoms with Crippen molar-refractivity contribution < 1.29 is 13.2 Å². The summed E-state index contributed by atoms with van der Waals surface area (Å²) in [6.07, 6.45) is 1.84. The van der Waals surface area contributed by atoms with Crippen LogP contribution in [0.25, 0.3) is 11.3 Å². The molecular formula is C16H17N3O3S. The molecule has 1 fully saturated rings. The Morgan fingerprint density at radius 1 is 1.22 bits per heavy atom.